The molecule has 0 spiro atoms. The fourth-order valence-electron chi connectivity index (χ4n) is 2.30. The molecule has 0 saturated carbocycles. The number of halogens is 1. The summed E-state index contributed by atoms with van der Waals surface area (Å²) in [4.78, 5) is 10.9. The van der Waals surface area contributed by atoms with Gasteiger partial charge >= 0.3 is 6.03 Å². The van der Waals surface area contributed by atoms with E-state index in [4.69, 9.17) is 10.5 Å². The van der Waals surface area contributed by atoms with Gasteiger partial charge < -0.3 is 10.5 Å². The quantitative estimate of drug-likeness (QED) is 0.651. The highest BCUT2D eigenvalue weighted by Crippen LogP contribution is 2.34. The summed E-state index contributed by atoms with van der Waals surface area (Å²) in [6.45, 7) is 1.67. The van der Waals surface area contributed by atoms with Crippen LogP contribution >= 0.6 is 0 Å². The molecular formula is C13H17FN2O3. The van der Waals surface area contributed by atoms with E-state index in [0.717, 1.165) is 12.0 Å². The highest BCUT2D eigenvalue weighted by Gasteiger charge is 2.34. The Balaban J connectivity index is 2.00. The van der Waals surface area contributed by atoms with Crippen LogP contribution < -0.4 is 5.73 Å². The van der Waals surface area contributed by atoms with Gasteiger partial charge in [-0.3, -0.25) is 5.21 Å². The van der Waals surface area contributed by atoms with Crippen molar-refractivity contribution in [1.82, 2.24) is 5.06 Å². The van der Waals surface area contributed by atoms with E-state index in [9.17, 15) is 14.4 Å². The second-order valence-corrected chi connectivity index (χ2v) is 4.72. The number of hydroxylamine groups is 2. The molecule has 1 fully saturated rings. The van der Waals surface area contributed by atoms with Crippen molar-refractivity contribution < 1.29 is 19.1 Å². The molecule has 1 aromatic rings. The van der Waals surface area contributed by atoms with E-state index in [-0.39, 0.29) is 18.0 Å². The minimum atomic E-state index is -0.902. The van der Waals surface area contributed by atoms with Gasteiger partial charge in [0.05, 0.1) is 18.2 Å². The molecule has 3 atom stereocenters. The second kappa shape index (κ2) is 5.54. The van der Waals surface area contributed by atoms with Crippen LogP contribution in [-0.2, 0) is 4.74 Å². The molecule has 1 unspecified atom stereocenters. The van der Waals surface area contributed by atoms with Crippen LogP contribution in [0.25, 0.3) is 0 Å². The molecule has 1 aliphatic rings. The number of rotatable bonds is 3. The van der Waals surface area contributed by atoms with Gasteiger partial charge in [0, 0.05) is 0 Å². The lowest BCUT2D eigenvalue weighted by Gasteiger charge is -2.26. The molecule has 2 amide bonds. The van der Waals surface area contributed by atoms with Crippen molar-refractivity contribution >= 4 is 6.03 Å². The Kier molecular flexibility index (Phi) is 4.01. The van der Waals surface area contributed by atoms with Crippen LogP contribution in [0.3, 0.4) is 0 Å². The molecule has 1 aromatic carbocycles. The summed E-state index contributed by atoms with van der Waals surface area (Å²) in [5.74, 6) is -0.290. The normalized spacial score (nSPS) is 24.2. The molecule has 3 N–H and O–H groups in total. The monoisotopic (exact) mass is 268 g/mol. The first kappa shape index (κ1) is 13.8. The van der Waals surface area contributed by atoms with Crippen molar-refractivity contribution in [3.05, 3.63) is 35.6 Å². The van der Waals surface area contributed by atoms with Crippen LogP contribution in [0.1, 0.15) is 31.4 Å². The summed E-state index contributed by atoms with van der Waals surface area (Å²) in [7, 11) is 0. The third-order valence-electron chi connectivity index (χ3n) is 3.44. The molecule has 1 aliphatic heterocycles. The number of nitrogens with zero attached hydrogens (tertiary/aromatic N) is 1. The predicted molar refractivity (Wildman–Crippen MR) is 65.9 cm³/mol. The minimum Gasteiger partial charge on any atom is -0.368 e. The smallest absolute Gasteiger partial charge is 0.338 e. The molecule has 104 valence electrons. The van der Waals surface area contributed by atoms with Gasteiger partial charge in [-0.25, -0.2) is 14.2 Å². The van der Waals surface area contributed by atoms with E-state index >= 15 is 0 Å². The zero-order valence-corrected chi connectivity index (χ0v) is 10.6. The number of carbonyl (C=O) groups excluding carboxylic acids is 1. The summed E-state index contributed by atoms with van der Waals surface area (Å²) in [6, 6.07) is 4.72. The van der Waals surface area contributed by atoms with Gasteiger partial charge in [0.1, 0.15) is 5.82 Å². The summed E-state index contributed by atoms with van der Waals surface area (Å²) in [6.07, 6.45) is 1.03. The summed E-state index contributed by atoms with van der Waals surface area (Å²) < 4.78 is 18.6. The van der Waals surface area contributed by atoms with E-state index in [1.165, 1.54) is 12.1 Å². The van der Waals surface area contributed by atoms with Crippen molar-refractivity contribution in [2.24, 2.45) is 5.73 Å². The number of urea groups is 1. The maximum atomic E-state index is 12.8. The third-order valence-corrected chi connectivity index (χ3v) is 3.44. The second-order valence-electron chi connectivity index (χ2n) is 4.72. The van der Waals surface area contributed by atoms with Crippen molar-refractivity contribution in [1.29, 1.82) is 0 Å². The molecule has 5 nitrogen and oxygen atoms in total. The Labute approximate surface area is 110 Å². The van der Waals surface area contributed by atoms with Crippen molar-refractivity contribution in [3.8, 4) is 0 Å². The molecule has 6 heteroatoms. The van der Waals surface area contributed by atoms with Crippen molar-refractivity contribution in [3.63, 3.8) is 0 Å². The SMILES string of the molecule is CC([C@H]1CC[C@H](c2ccc(F)cc2)O1)N(O)C(N)=O. The lowest BCUT2D eigenvalue weighted by atomic mass is 10.0. The van der Waals surface area contributed by atoms with E-state index in [1.54, 1.807) is 19.1 Å². The van der Waals surface area contributed by atoms with Gasteiger partial charge in [0.2, 0.25) is 0 Å². The third kappa shape index (κ3) is 3.02. The van der Waals surface area contributed by atoms with Gasteiger partial charge in [-0.1, -0.05) is 12.1 Å². The number of carbonyl (C=O) groups is 1. The van der Waals surface area contributed by atoms with Crippen LogP contribution in [0.15, 0.2) is 24.3 Å². The van der Waals surface area contributed by atoms with Gasteiger partial charge in [0.15, 0.2) is 0 Å². The maximum Gasteiger partial charge on any atom is 0.338 e. The number of ether oxygens (including phenoxy) is 1. The molecule has 0 radical (unpaired) electrons. The summed E-state index contributed by atoms with van der Waals surface area (Å²) in [5, 5.41) is 9.96. The molecule has 0 aromatic heterocycles. The van der Waals surface area contributed by atoms with Crippen LogP contribution in [0.2, 0.25) is 0 Å². The number of hydrogen-bond donors (Lipinski definition) is 2. The largest absolute Gasteiger partial charge is 0.368 e. The summed E-state index contributed by atoms with van der Waals surface area (Å²) >= 11 is 0. The molecule has 1 saturated heterocycles. The van der Waals surface area contributed by atoms with E-state index < -0.39 is 12.1 Å². The molecule has 1 heterocycles. The van der Waals surface area contributed by atoms with E-state index in [2.05, 4.69) is 0 Å². The highest BCUT2D eigenvalue weighted by atomic mass is 19.1. The summed E-state index contributed by atoms with van der Waals surface area (Å²) in [5.41, 5.74) is 5.90. The zero-order chi connectivity index (χ0) is 14.0. The molecule has 2 rings (SSSR count). The number of nitrogens with two attached hydrogens (primary N) is 1. The fraction of sp³-hybridized carbons (Fsp3) is 0.462. The van der Waals surface area contributed by atoms with Gasteiger partial charge in [-0.05, 0) is 37.5 Å². The number of benzene rings is 1. The Morgan fingerprint density at radius 3 is 2.68 bits per heavy atom. The molecule has 0 aliphatic carbocycles. The molecular weight excluding hydrogens is 251 g/mol. The zero-order valence-electron chi connectivity index (χ0n) is 10.6. The van der Waals surface area contributed by atoms with Crippen LogP contribution in [-0.4, -0.2) is 28.4 Å². The van der Waals surface area contributed by atoms with Gasteiger partial charge in [-0.15, -0.1) is 0 Å². The van der Waals surface area contributed by atoms with Crippen LogP contribution in [0.5, 0.6) is 0 Å². The Morgan fingerprint density at radius 2 is 2.11 bits per heavy atom. The molecule has 19 heavy (non-hydrogen) atoms. The average Bonchev–Trinajstić information content (AvgIpc) is 2.87. The topological polar surface area (TPSA) is 75.8 Å². The number of primary amides is 1. The van der Waals surface area contributed by atoms with Crippen molar-refractivity contribution in [2.45, 2.75) is 38.0 Å². The standard InChI is InChI=1S/C13H17FN2O3/c1-8(16(18)13(15)17)11-6-7-12(19-11)9-2-4-10(14)5-3-9/h2-5,8,11-12,18H,6-7H2,1H3,(H2,15,17)/t8?,11-,12-/m1/s1. The maximum absolute atomic E-state index is 12.8. The fourth-order valence-corrected chi connectivity index (χ4v) is 2.30. The Bertz CT molecular complexity index is 452. The highest BCUT2D eigenvalue weighted by molar-refractivity contribution is 5.70. The van der Waals surface area contributed by atoms with Crippen LogP contribution in [0, 0.1) is 5.82 Å². The Hall–Kier alpha value is -1.66. The van der Waals surface area contributed by atoms with Crippen molar-refractivity contribution in [2.75, 3.05) is 0 Å². The first-order valence-electron chi connectivity index (χ1n) is 6.17. The van der Waals surface area contributed by atoms with Crippen LogP contribution in [0.4, 0.5) is 9.18 Å². The number of hydrogen-bond acceptors (Lipinski definition) is 3. The molecule has 0 bridgehead atoms. The lowest BCUT2D eigenvalue weighted by molar-refractivity contribution is -0.115. The van der Waals surface area contributed by atoms with E-state index in [1.807, 2.05) is 0 Å². The predicted octanol–water partition coefficient (Wildman–Crippen LogP) is 2.20. The average molecular weight is 268 g/mol. The lowest BCUT2D eigenvalue weighted by Crippen LogP contribution is -2.45. The first-order chi connectivity index (χ1) is 8.99. The minimum absolute atomic E-state index is 0.144. The number of amides is 2. The Morgan fingerprint density at radius 1 is 1.47 bits per heavy atom. The van der Waals surface area contributed by atoms with Gasteiger partial charge in [0.25, 0.3) is 0 Å². The van der Waals surface area contributed by atoms with E-state index in [0.29, 0.717) is 11.5 Å². The first-order valence-corrected chi connectivity index (χ1v) is 6.17. The van der Waals surface area contributed by atoms with Gasteiger partial charge in [-0.2, -0.15) is 0 Å².